The predicted octanol–water partition coefficient (Wildman–Crippen LogP) is 1.68. The van der Waals surface area contributed by atoms with E-state index in [0.717, 1.165) is 16.3 Å². The molecule has 94 valence electrons. The minimum atomic E-state index is 0.128. The van der Waals surface area contributed by atoms with Crippen LogP contribution in [-0.4, -0.2) is 27.0 Å². The number of methoxy groups -OCH3 is 1. The monoisotopic (exact) mass is 253 g/mol. The summed E-state index contributed by atoms with van der Waals surface area (Å²) in [5.74, 6) is 0.602. The second kappa shape index (κ2) is 4.49. The Labute approximate surface area is 109 Å². The van der Waals surface area contributed by atoms with Crippen LogP contribution in [0.1, 0.15) is 0 Å². The van der Waals surface area contributed by atoms with Crippen LogP contribution in [0.5, 0.6) is 6.01 Å². The fourth-order valence-electron chi connectivity index (χ4n) is 1.89. The zero-order valence-corrected chi connectivity index (χ0v) is 10.2. The largest absolute Gasteiger partial charge is 0.467 e. The van der Waals surface area contributed by atoms with Crippen molar-refractivity contribution in [2.75, 3.05) is 12.8 Å². The SMILES string of the molecule is COc1nc(N)nc(-c2cccc3ccncc23)n1. The van der Waals surface area contributed by atoms with Crippen molar-refractivity contribution in [2.45, 2.75) is 0 Å². The summed E-state index contributed by atoms with van der Waals surface area (Å²) in [6, 6.07) is 7.98. The van der Waals surface area contributed by atoms with Gasteiger partial charge in [-0.3, -0.25) is 4.98 Å². The van der Waals surface area contributed by atoms with E-state index in [2.05, 4.69) is 19.9 Å². The molecule has 6 heteroatoms. The van der Waals surface area contributed by atoms with Crippen LogP contribution in [-0.2, 0) is 0 Å². The average Bonchev–Trinajstić information content (AvgIpc) is 2.46. The summed E-state index contributed by atoms with van der Waals surface area (Å²) >= 11 is 0. The van der Waals surface area contributed by atoms with Crippen molar-refractivity contribution in [1.82, 2.24) is 19.9 Å². The summed E-state index contributed by atoms with van der Waals surface area (Å²) in [6.45, 7) is 0. The second-order valence-corrected chi connectivity index (χ2v) is 3.91. The van der Waals surface area contributed by atoms with E-state index in [4.69, 9.17) is 10.5 Å². The molecule has 6 nitrogen and oxygen atoms in total. The van der Waals surface area contributed by atoms with Gasteiger partial charge in [0.15, 0.2) is 5.82 Å². The van der Waals surface area contributed by atoms with Crippen molar-refractivity contribution in [1.29, 1.82) is 0 Å². The third-order valence-electron chi connectivity index (χ3n) is 2.74. The van der Waals surface area contributed by atoms with Crippen LogP contribution in [0.2, 0.25) is 0 Å². The third-order valence-corrected chi connectivity index (χ3v) is 2.74. The molecule has 1 aromatic carbocycles. The molecule has 3 rings (SSSR count). The number of nitrogen functional groups attached to an aromatic ring is 1. The van der Waals surface area contributed by atoms with Crippen LogP contribution in [0.25, 0.3) is 22.2 Å². The molecule has 0 aliphatic rings. The van der Waals surface area contributed by atoms with Crippen LogP contribution in [0, 0.1) is 0 Å². The highest BCUT2D eigenvalue weighted by atomic mass is 16.5. The first-order chi connectivity index (χ1) is 9.28. The average molecular weight is 253 g/mol. The molecule has 0 radical (unpaired) electrons. The fraction of sp³-hybridized carbons (Fsp3) is 0.0769. The molecule has 19 heavy (non-hydrogen) atoms. The second-order valence-electron chi connectivity index (χ2n) is 3.91. The first-order valence-electron chi connectivity index (χ1n) is 5.66. The Hall–Kier alpha value is -2.76. The molecule has 0 bridgehead atoms. The maximum absolute atomic E-state index is 5.66. The van der Waals surface area contributed by atoms with Crippen LogP contribution in [0.4, 0.5) is 5.95 Å². The summed E-state index contributed by atoms with van der Waals surface area (Å²) in [4.78, 5) is 16.4. The molecule has 0 saturated carbocycles. The van der Waals surface area contributed by atoms with Gasteiger partial charge in [-0.05, 0) is 11.5 Å². The Morgan fingerprint density at radius 1 is 1.11 bits per heavy atom. The van der Waals surface area contributed by atoms with Crippen molar-refractivity contribution in [2.24, 2.45) is 0 Å². The van der Waals surface area contributed by atoms with E-state index in [-0.39, 0.29) is 12.0 Å². The van der Waals surface area contributed by atoms with Gasteiger partial charge in [-0.2, -0.15) is 15.0 Å². The standard InChI is InChI=1S/C13H11N5O/c1-19-13-17-11(16-12(14)18-13)9-4-2-3-8-5-6-15-7-10(8)9/h2-7H,1H3,(H2,14,16,17,18). The molecule has 0 aliphatic carbocycles. The molecular weight excluding hydrogens is 242 g/mol. The minimum Gasteiger partial charge on any atom is -0.467 e. The normalized spacial score (nSPS) is 10.6. The van der Waals surface area contributed by atoms with Crippen molar-refractivity contribution in [3.63, 3.8) is 0 Å². The van der Waals surface area contributed by atoms with Crippen LogP contribution in [0.3, 0.4) is 0 Å². The van der Waals surface area contributed by atoms with Gasteiger partial charge in [-0.15, -0.1) is 0 Å². The van der Waals surface area contributed by atoms with Crippen LogP contribution < -0.4 is 10.5 Å². The summed E-state index contributed by atoms with van der Waals surface area (Å²) in [6.07, 6.45) is 3.52. The van der Waals surface area contributed by atoms with Gasteiger partial charge in [-0.1, -0.05) is 18.2 Å². The van der Waals surface area contributed by atoms with E-state index in [1.54, 1.807) is 12.4 Å². The number of nitrogens with zero attached hydrogens (tertiary/aromatic N) is 4. The Kier molecular flexibility index (Phi) is 2.68. The lowest BCUT2D eigenvalue weighted by atomic mass is 10.1. The van der Waals surface area contributed by atoms with Gasteiger partial charge in [0.2, 0.25) is 5.95 Å². The fourth-order valence-corrected chi connectivity index (χ4v) is 1.89. The van der Waals surface area contributed by atoms with E-state index in [1.807, 2.05) is 24.3 Å². The molecule has 0 saturated heterocycles. The Balaban J connectivity index is 2.27. The number of hydrogen-bond acceptors (Lipinski definition) is 6. The molecule has 2 N–H and O–H groups in total. The lowest BCUT2D eigenvalue weighted by molar-refractivity contribution is 0.379. The molecular formula is C13H11N5O. The van der Waals surface area contributed by atoms with Gasteiger partial charge in [0.1, 0.15) is 0 Å². The molecule has 0 amide bonds. The number of rotatable bonds is 2. The topological polar surface area (TPSA) is 86.8 Å². The highest BCUT2D eigenvalue weighted by Crippen LogP contribution is 2.26. The lowest BCUT2D eigenvalue weighted by Gasteiger charge is -2.06. The molecule has 0 atom stereocenters. The maximum Gasteiger partial charge on any atom is 0.321 e. The number of fused-ring (bicyclic) bond motifs is 1. The van der Waals surface area contributed by atoms with Gasteiger partial charge < -0.3 is 10.5 Å². The number of nitrogens with two attached hydrogens (primary N) is 1. The predicted molar refractivity (Wildman–Crippen MR) is 71.5 cm³/mol. The van der Waals surface area contributed by atoms with E-state index >= 15 is 0 Å². The third kappa shape index (κ3) is 2.03. The van der Waals surface area contributed by atoms with Crippen LogP contribution in [0.15, 0.2) is 36.7 Å². The van der Waals surface area contributed by atoms with E-state index in [1.165, 1.54) is 7.11 Å². The Bertz CT molecular complexity index is 739. The molecule has 0 aliphatic heterocycles. The number of anilines is 1. The van der Waals surface area contributed by atoms with Crippen molar-refractivity contribution in [3.05, 3.63) is 36.7 Å². The van der Waals surface area contributed by atoms with Gasteiger partial charge in [0, 0.05) is 23.3 Å². The number of pyridine rings is 1. The molecule has 0 unspecified atom stereocenters. The maximum atomic E-state index is 5.66. The smallest absolute Gasteiger partial charge is 0.321 e. The number of aromatic nitrogens is 4. The van der Waals surface area contributed by atoms with Gasteiger partial charge in [0.25, 0.3) is 0 Å². The number of hydrogen-bond donors (Lipinski definition) is 1. The first kappa shape index (κ1) is 11.3. The van der Waals surface area contributed by atoms with Gasteiger partial charge in [0.05, 0.1) is 7.11 Å². The van der Waals surface area contributed by atoms with Gasteiger partial charge in [-0.25, -0.2) is 0 Å². The quantitative estimate of drug-likeness (QED) is 0.747. The van der Waals surface area contributed by atoms with Crippen LogP contribution >= 0.6 is 0 Å². The molecule has 0 fully saturated rings. The van der Waals surface area contributed by atoms with Crippen molar-refractivity contribution >= 4 is 16.7 Å². The molecule has 3 aromatic rings. The van der Waals surface area contributed by atoms with Gasteiger partial charge >= 0.3 is 6.01 Å². The first-order valence-corrected chi connectivity index (χ1v) is 5.66. The zero-order valence-electron chi connectivity index (χ0n) is 10.2. The molecule has 0 spiro atoms. The molecule has 2 heterocycles. The summed E-state index contributed by atoms with van der Waals surface area (Å²) in [5.41, 5.74) is 6.50. The molecule has 2 aromatic heterocycles. The minimum absolute atomic E-state index is 0.128. The summed E-state index contributed by atoms with van der Waals surface area (Å²) in [7, 11) is 1.49. The van der Waals surface area contributed by atoms with Crippen molar-refractivity contribution in [3.8, 4) is 17.4 Å². The van der Waals surface area contributed by atoms with E-state index < -0.39 is 0 Å². The van der Waals surface area contributed by atoms with E-state index in [0.29, 0.717) is 5.82 Å². The highest BCUT2D eigenvalue weighted by molar-refractivity contribution is 5.94. The summed E-state index contributed by atoms with van der Waals surface area (Å²) < 4.78 is 5.01. The Morgan fingerprint density at radius 2 is 2.00 bits per heavy atom. The number of benzene rings is 1. The lowest BCUT2D eigenvalue weighted by Crippen LogP contribution is -2.02. The zero-order chi connectivity index (χ0) is 13.2. The van der Waals surface area contributed by atoms with Crippen molar-refractivity contribution < 1.29 is 4.74 Å². The summed E-state index contributed by atoms with van der Waals surface area (Å²) in [5, 5.41) is 2.02. The number of ether oxygens (including phenoxy) is 1. The highest BCUT2D eigenvalue weighted by Gasteiger charge is 2.10. The van der Waals surface area contributed by atoms with E-state index in [9.17, 15) is 0 Å². The Morgan fingerprint density at radius 3 is 2.84 bits per heavy atom.